The van der Waals surface area contributed by atoms with Crippen LogP contribution in [0.15, 0.2) is 11.3 Å². The molecule has 0 aliphatic carbocycles. The SMILES string of the molecule is Cn1cc(C#CCCN=[N+]=[N-])c(N)n1. The second kappa shape index (κ2) is 4.80. The highest BCUT2D eigenvalue weighted by Gasteiger charge is 1.98. The summed E-state index contributed by atoms with van der Waals surface area (Å²) in [5.74, 6) is 6.11. The van der Waals surface area contributed by atoms with Crippen LogP contribution < -0.4 is 5.73 Å². The molecule has 0 spiro atoms. The molecule has 6 heteroatoms. The second-order valence-electron chi connectivity index (χ2n) is 2.61. The van der Waals surface area contributed by atoms with Crippen molar-refractivity contribution >= 4 is 5.82 Å². The van der Waals surface area contributed by atoms with Gasteiger partial charge in [0.2, 0.25) is 0 Å². The van der Waals surface area contributed by atoms with Gasteiger partial charge in [0.05, 0.1) is 5.56 Å². The Hall–Kier alpha value is -2.12. The maximum Gasteiger partial charge on any atom is 0.161 e. The van der Waals surface area contributed by atoms with E-state index in [0.717, 1.165) is 0 Å². The van der Waals surface area contributed by atoms with Crippen molar-refractivity contribution < 1.29 is 0 Å². The molecule has 1 aromatic heterocycles. The van der Waals surface area contributed by atoms with Crippen molar-refractivity contribution in [3.63, 3.8) is 0 Å². The van der Waals surface area contributed by atoms with Crippen LogP contribution in [0, 0.1) is 11.8 Å². The molecule has 0 bridgehead atoms. The molecule has 1 heterocycles. The van der Waals surface area contributed by atoms with Gasteiger partial charge in [-0.3, -0.25) is 4.68 Å². The van der Waals surface area contributed by atoms with Crippen molar-refractivity contribution in [2.75, 3.05) is 12.3 Å². The quantitative estimate of drug-likeness (QED) is 0.248. The lowest BCUT2D eigenvalue weighted by Crippen LogP contribution is -1.90. The third-order valence-electron chi connectivity index (χ3n) is 1.48. The fourth-order valence-electron chi connectivity index (χ4n) is 0.910. The lowest BCUT2D eigenvalue weighted by molar-refractivity contribution is 0.772. The number of azide groups is 1. The number of nitrogens with two attached hydrogens (primary N) is 1. The van der Waals surface area contributed by atoms with E-state index in [1.54, 1.807) is 17.9 Å². The first-order chi connectivity index (χ1) is 6.74. The van der Waals surface area contributed by atoms with Crippen LogP contribution in [0.25, 0.3) is 10.4 Å². The van der Waals surface area contributed by atoms with Crippen molar-refractivity contribution in [3.8, 4) is 11.8 Å². The second-order valence-corrected chi connectivity index (χ2v) is 2.61. The predicted octanol–water partition coefficient (Wildman–Crippen LogP) is 1.05. The zero-order chi connectivity index (χ0) is 10.4. The number of hydrogen-bond acceptors (Lipinski definition) is 3. The molecule has 14 heavy (non-hydrogen) atoms. The summed E-state index contributed by atoms with van der Waals surface area (Å²) >= 11 is 0. The summed E-state index contributed by atoms with van der Waals surface area (Å²) in [4.78, 5) is 2.62. The molecule has 0 aliphatic rings. The van der Waals surface area contributed by atoms with Gasteiger partial charge in [0, 0.05) is 31.1 Å². The highest BCUT2D eigenvalue weighted by Crippen LogP contribution is 2.04. The third kappa shape index (κ3) is 2.73. The first-order valence-electron chi connectivity index (χ1n) is 4.03. The number of hydrogen-bond donors (Lipinski definition) is 1. The molecule has 0 saturated heterocycles. The van der Waals surface area contributed by atoms with Crippen LogP contribution in [0.5, 0.6) is 0 Å². The summed E-state index contributed by atoms with van der Waals surface area (Å²) in [5.41, 5.74) is 14.3. The van der Waals surface area contributed by atoms with Gasteiger partial charge < -0.3 is 5.73 Å². The number of anilines is 1. The van der Waals surface area contributed by atoms with Crippen LogP contribution in [0.3, 0.4) is 0 Å². The Morgan fingerprint density at radius 2 is 2.57 bits per heavy atom. The molecule has 72 valence electrons. The Kier molecular flexibility index (Phi) is 3.41. The Morgan fingerprint density at radius 1 is 1.79 bits per heavy atom. The fourth-order valence-corrected chi connectivity index (χ4v) is 0.910. The highest BCUT2D eigenvalue weighted by atomic mass is 15.3. The van der Waals surface area contributed by atoms with E-state index >= 15 is 0 Å². The van der Waals surface area contributed by atoms with Crippen molar-refractivity contribution in [2.45, 2.75) is 6.42 Å². The molecule has 1 aromatic rings. The molecule has 0 aromatic carbocycles. The maximum atomic E-state index is 8.01. The molecule has 0 amide bonds. The molecule has 0 radical (unpaired) electrons. The molecule has 2 N–H and O–H groups in total. The fraction of sp³-hybridized carbons (Fsp3) is 0.375. The topological polar surface area (TPSA) is 92.6 Å². The summed E-state index contributed by atoms with van der Waals surface area (Å²) in [6.07, 6.45) is 2.27. The summed E-state index contributed by atoms with van der Waals surface area (Å²) in [5, 5.41) is 7.29. The average Bonchev–Trinajstić information content (AvgIpc) is 2.45. The maximum absolute atomic E-state index is 8.01. The van der Waals surface area contributed by atoms with Gasteiger partial charge in [-0.15, -0.1) is 0 Å². The zero-order valence-corrected chi connectivity index (χ0v) is 7.80. The average molecular weight is 190 g/mol. The van der Waals surface area contributed by atoms with Crippen LogP contribution >= 0.6 is 0 Å². The highest BCUT2D eigenvalue weighted by molar-refractivity contribution is 5.49. The first kappa shape index (κ1) is 9.96. The van der Waals surface area contributed by atoms with Crippen molar-refractivity contribution in [2.24, 2.45) is 12.2 Å². The van der Waals surface area contributed by atoms with E-state index in [1.807, 2.05) is 0 Å². The molecule has 0 saturated carbocycles. The Bertz CT molecular complexity index is 415. The van der Waals surface area contributed by atoms with Gasteiger partial charge in [0.25, 0.3) is 0 Å². The summed E-state index contributed by atoms with van der Waals surface area (Å²) in [6, 6.07) is 0. The number of aromatic nitrogens is 2. The van der Waals surface area contributed by atoms with E-state index in [1.165, 1.54) is 0 Å². The Labute approximate surface area is 81.3 Å². The third-order valence-corrected chi connectivity index (χ3v) is 1.48. The monoisotopic (exact) mass is 190 g/mol. The molecule has 0 unspecified atom stereocenters. The van der Waals surface area contributed by atoms with Gasteiger partial charge in [-0.05, 0) is 5.53 Å². The van der Waals surface area contributed by atoms with Gasteiger partial charge in [0.15, 0.2) is 5.82 Å². The van der Waals surface area contributed by atoms with Gasteiger partial charge in [-0.1, -0.05) is 17.0 Å². The van der Waals surface area contributed by atoms with Crippen molar-refractivity contribution in [3.05, 3.63) is 22.2 Å². The van der Waals surface area contributed by atoms with Gasteiger partial charge in [-0.2, -0.15) is 5.10 Å². The molecule has 0 fully saturated rings. The van der Waals surface area contributed by atoms with Crippen LogP contribution in [0.4, 0.5) is 5.82 Å². The minimum Gasteiger partial charge on any atom is -0.381 e. The van der Waals surface area contributed by atoms with Crippen molar-refractivity contribution in [1.29, 1.82) is 0 Å². The largest absolute Gasteiger partial charge is 0.381 e. The molecular weight excluding hydrogens is 180 g/mol. The van der Waals surface area contributed by atoms with E-state index < -0.39 is 0 Å². The van der Waals surface area contributed by atoms with E-state index in [2.05, 4.69) is 27.0 Å². The van der Waals surface area contributed by atoms with Crippen LogP contribution in [0.2, 0.25) is 0 Å². The van der Waals surface area contributed by atoms with Crippen LogP contribution in [-0.2, 0) is 7.05 Å². The van der Waals surface area contributed by atoms with Crippen LogP contribution in [0.1, 0.15) is 12.0 Å². The van der Waals surface area contributed by atoms with Crippen LogP contribution in [-0.4, -0.2) is 16.3 Å². The number of nitrogens with zero attached hydrogens (tertiary/aromatic N) is 5. The number of nitrogen functional groups attached to an aromatic ring is 1. The summed E-state index contributed by atoms with van der Waals surface area (Å²) < 4.78 is 1.60. The Balaban J connectivity index is 2.58. The lowest BCUT2D eigenvalue weighted by atomic mass is 10.3. The predicted molar refractivity (Wildman–Crippen MR) is 53.1 cm³/mol. The zero-order valence-electron chi connectivity index (χ0n) is 7.80. The van der Waals surface area contributed by atoms with Gasteiger partial charge in [0.1, 0.15) is 0 Å². The Morgan fingerprint density at radius 3 is 3.14 bits per heavy atom. The molecule has 1 rings (SSSR count). The van der Waals surface area contributed by atoms with E-state index in [9.17, 15) is 0 Å². The van der Waals surface area contributed by atoms with Gasteiger partial charge >= 0.3 is 0 Å². The normalized spacial score (nSPS) is 8.64. The summed E-state index contributed by atoms with van der Waals surface area (Å²) in [6.45, 7) is 0.379. The minimum absolute atomic E-state index is 0.379. The standard InChI is InChI=1S/C8H10N6/c1-14-6-7(8(9)12-14)4-2-3-5-11-13-10/h6H,3,5H2,1H3,(H2,9,12). The molecule has 0 aliphatic heterocycles. The lowest BCUT2D eigenvalue weighted by Gasteiger charge is -1.82. The van der Waals surface area contributed by atoms with Crippen molar-refractivity contribution in [1.82, 2.24) is 9.78 Å². The molecule has 0 atom stereocenters. The molecule has 6 nitrogen and oxygen atoms in total. The van der Waals surface area contributed by atoms with E-state index in [-0.39, 0.29) is 0 Å². The smallest absolute Gasteiger partial charge is 0.161 e. The minimum atomic E-state index is 0.379. The van der Waals surface area contributed by atoms with Gasteiger partial charge in [-0.25, -0.2) is 0 Å². The number of aryl methyl sites for hydroxylation is 1. The number of rotatable bonds is 2. The molecular formula is C8H10N6. The van der Waals surface area contributed by atoms with E-state index in [0.29, 0.717) is 24.3 Å². The summed E-state index contributed by atoms with van der Waals surface area (Å²) in [7, 11) is 1.78. The first-order valence-corrected chi connectivity index (χ1v) is 4.03. The van der Waals surface area contributed by atoms with E-state index in [4.69, 9.17) is 11.3 Å².